The number of carboxylic acid groups (broad SMARTS) is 1. The van der Waals surface area contributed by atoms with Gasteiger partial charge in [0.15, 0.2) is 11.5 Å². The van der Waals surface area contributed by atoms with E-state index in [-0.39, 0.29) is 18.8 Å². The van der Waals surface area contributed by atoms with Crippen molar-refractivity contribution in [1.82, 2.24) is 4.90 Å². The van der Waals surface area contributed by atoms with Gasteiger partial charge in [-0.15, -0.1) is 0 Å². The van der Waals surface area contributed by atoms with Gasteiger partial charge in [-0.2, -0.15) is 0 Å². The summed E-state index contributed by atoms with van der Waals surface area (Å²) in [6.45, 7) is 6.76. The average Bonchev–Trinajstić information content (AvgIpc) is 3.11. The van der Waals surface area contributed by atoms with Crippen LogP contribution in [0.15, 0.2) is 42.5 Å². The molecule has 7 nitrogen and oxygen atoms in total. The Kier molecular flexibility index (Phi) is 6.86. The fraction of sp³-hybridized carbons (Fsp3) is 0.440. The van der Waals surface area contributed by atoms with Gasteiger partial charge in [-0.1, -0.05) is 24.3 Å². The lowest BCUT2D eigenvalue weighted by atomic mass is 9.99. The Bertz CT molecular complexity index is 1030. The third-order valence-corrected chi connectivity index (χ3v) is 5.71. The standard InChI is InChI=1S/C25H30FNO6/c1-24(2,3)33-23(30)27-19(12-13-25(27,4)22(28)29)16-10-11-20(21(14-16)31-5)32-15-17-8-6-7-9-18(17)26/h6-11,14,19H,12-13,15H2,1-5H3,(H,28,29). The van der Waals surface area contributed by atoms with E-state index in [1.807, 2.05) is 0 Å². The van der Waals surface area contributed by atoms with E-state index in [1.165, 1.54) is 25.0 Å². The molecule has 2 atom stereocenters. The molecule has 2 aromatic carbocycles. The summed E-state index contributed by atoms with van der Waals surface area (Å²) >= 11 is 0. The second-order valence-corrected chi connectivity index (χ2v) is 9.27. The molecule has 33 heavy (non-hydrogen) atoms. The number of benzene rings is 2. The number of nitrogens with zero attached hydrogens (tertiary/aromatic N) is 1. The van der Waals surface area contributed by atoms with Crippen LogP contribution in [-0.2, 0) is 16.1 Å². The monoisotopic (exact) mass is 459 g/mol. The third kappa shape index (κ3) is 5.21. The molecule has 1 amide bonds. The van der Waals surface area contributed by atoms with Crippen molar-refractivity contribution in [2.24, 2.45) is 0 Å². The maximum atomic E-state index is 13.9. The van der Waals surface area contributed by atoms with Crippen LogP contribution in [0.5, 0.6) is 11.5 Å². The van der Waals surface area contributed by atoms with Crippen LogP contribution >= 0.6 is 0 Å². The van der Waals surface area contributed by atoms with Crippen LogP contribution in [-0.4, -0.2) is 40.3 Å². The van der Waals surface area contributed by atoms with E-state index in [2.05, 4.69) is 0 Å². The van der Waals surface area contributed by atoms with Crippen LogP contribution in [0, 0.1) is 5.82 Å². The molecular weight excluding hydrogens is 429 g/mol. The van der Waals surface area contributed by atoms with Crippen molar-refractivity contribution < 1.29 is 33.3 Å². The molecule has 1 heterocycles. The number of methoxy groups -OCH3 is 1. The zero-order chi connectivity index (χ0) is 24.4. The fourth-order valence-corrected chi connectivity index (χ4v) is 3.96. The zero-order valence-electron chi connectivity index (χ0n) is 19.6. The molecule has 2 aromatic rings. The SMILES string of the molecule is COc1cc(C2CCC(C)(C(=O)O)N2C(=O)OC(C)(C)C)ccc1OCc1ccccc1F. The van der Waals surface area contributed by atoms with Gasteiger partial charge in [0, 0.05) is 5.56 Å². The highest BCUT2D eigenvalue weighted by molar-refractivity contribution is 5.85. The van der Waals surface area contributed by atoms with Gasteiger partial charge in [-0.25, -0.2) is 14.0 Å². The molecule has 0 bridgehead atoms. The minimum atomic E-state index is -1.40. The van der Waals surface area contributed by atoms with Crippen LogP contribution in [0.25, 0.3) is 0 Å². The molecule has 178 valence electrons. The lowest BCUT2D eigenvalue weighted by Crippen LogP contribution is -2.52. The topological polar surface area (TPSA) is 85.3 Å². The Labute approximate surface area is 193 Å². The van der Waals surface area contributed by atoms with Crippen molar-refractivity contribution >= 4 is 12.1 Å². The number of halogens is 1. The van der Waals surface area contributed by atoms with Gasteiger partial charge in [0.25, 0.3) is 0 Å². The van der Waals surface area contributed by atoms with Crippen molar-refractivity contribution in [3.63, 3.8) is 0 Å². The van der Waals surface area contributed by atoms with Crippen LogP contribution in [0.3, 0.4) is 0 Å². The summed E-state index contributed by atoms with van der Waals surface area (Å²) in [5, 5.41) is 9.88. The molecule has 0 radical (unpaired) electrons. The summed E-state index contributed by atoms with van der Waals surface area (Å²) in [6, 6.07) is 11.0. The summed E-state index contributed by atoms with van der Waals surface area (Å²) in [5.74, 6) is -0.642. The highest BCUT2D eigenvalue weighted by Crippen LogP contribution is 2.45. The first-order valence-corrected chi connectivity index (χ1v) is 10.8. The van der Waals surface area contributed by atoms with Crippen molar-refractivity contribution in [2.75, 3.05) is 7.11 Å². The lowest BCUT2D eigenvalue weighted by Gasteiger charge is -2.36. The van der Waals surface area contributed by atoms with Gasteiger partial charge in [-0.3, -0.25) is 4.90 Å². The highest BCUT2D eigenvalue weighted by Gasteiger charge is 2.52. The maximum Gasteiger partial charge on any atom is 0.411 e. The van der Waals surface area contributed by atoms with Crippen molar-refractivity contribution in [3.05, 3.63) is 59.4 Å². The van der Waals surface area contributed by atoms with Gasteiger partial charge in [-0.05, 0) is 64.3 Å². The third-order valence-electron chi connectivity index (χ3n) is 5.71. The van der Waals surface area contributed by atoms with Gasteiger partial charge < -0.3 is 19.3 Å². The Morgan fingerprint density at radius 3 is 2.48 bits per heavy atom. The number of carboxylic acids is 1. The van der Waals surface area contributed by atoms with Crippen LogP contribution in [0.1, 0.15) is 57.7 Å². The maximum absolute atomic E-state index is 13.9. The second kappa shape index (κ2) is 9.29. The van der Waals surface area contributed by atoms with E-state index < -0.39 is 29.2 Å². The summed E-state index contributed by atoms with van der Waals surface area (Å²) in [4.78, 5) is 26.4. The summed E-state index contributed by atoms with van der Waals surface area (Å²) in [7, 11) is 1.48. The molecule has 1 saturated heterocycles. The molecule has 1 N–H and O–H groups in total. The molecule has 0 aliphatic carbocycles. The summed E-state index contributed by atoms with van der Waals surface area (Å²) in [5.41, 5.74) is -1.07. The summed E-state index contributed by atoms with van der Waals surface area (Å²) in [6.07, 6.45) is 0.0366. The number of rotatable bonds is 6. The number of hydrogen-bond donors (Lipinski definition) is 1. The number of carbonyl (C=O) groups is 2. The zero-order valence-corrected chi connectivity index (χ0v) is 19.6. The largest absolute Gasteiger partial charge is 0.493 e. The first-order valence-electron chi connectivity index (χ1n) is 10.8. The molecule has 1 aliphatic rings. The second-order valence-electron chi connectivity index (χ2n) is 9.27. The van der Waals surface area contributed by atoms with Crippen LogP contribution < -0.4 is 9.47 Å². The van der Waals surface area contributed by atoms with E-state index in [0.717, 1.165) is 0 Å². The first kappa shape index (κ1) is 24.4. The minimum absolute atomic E-state index is 0.0208. The van der Waals surface area contributed by atoms with E-state index >= 15 is 0 Å². The van der Waals surface area contributed by atoms with Gasteiger partial charge in [0.05, 0.1) is 13.2 Å². The number of likely N-dealkylation sites (tertiary alicyclic amines) is 1. The van der Waals surface area contributed by atoms with Crippen molar-refractivity contribution in [3.8, 4) is 11.5 Å². The molecule has 3 rings (SSSR count). The molecule has 1 aliphatic heterocycles. The number of ether oxygens (including phenoxy) is 3. The highest BCUT2D eigenvalue weighted by atomic mass is 19.1. The lowest BCUT2D eigenvalue weighted by molar-refractivity contribution is -0.149. The molecule has 8 heteroatoms. The predicted octanol–water partition coefficient (Wildman–Crippen LogP) is 5.33. The fourth-order valence-electron chi connectivity index (χ4n) is 3.96. The minimum Gasteiger partial charge on any atom is -0.493 e. The number of amides is 1. The van der Waals surface area contributed by atoms with Crippen LogP contribution in [0.2, 0.25) is 0 Å². The Morgan fingerprint density at radius 1 is 1.18 bits per heavy atom. The molecule has 0 spiro atoms. The number of hydrogen-bond acceptors (Lipinski definition) is 5. The smallest absolute Gasteiger partial charge is 0.411 e. The van der Waals surface area contributed by atoms with Gasteiger partial charge in [0.1, 0.15) is 23.6 Å². The molecule has 1 fully saturated rings. The van der Waals surface area contributed by atoms with E-state index in [0.29, 0.717) is 29.0 Å². The van der Waals surface area contributed by atoms with Crippen molar-refractivity contribution in [2.45, 2.75) is 64.3 Å². The van der Waals surface area contributed by atoms with Crippen LogP contribution in [0.4, 0.5) is 9.18 Å². The van der Waals surface area contributed by atoms with Crippen molar-refractivity contribution in [1.29, 1.82) is 0 Å². The predicted molar refractivity (Wildman–Crippen MR) is 120 cm³/mol. The van der Waals surface area contributed by atoms with Gasteiger partial charge >= 0.3 is 12.1 Å². The first-order chi connectivity index (χ1) is 15.5. The summed E-state index contributed by atoms with van der Waals surface area (Å²) < 4.78 is 30.7. The quantitative estimate of drug-likeness (QED) is 0.629. The normalized spacial score (nSPS) is 20.4. The van der Waals surface area contributed by atoms with E-state index in [1.54, 1.807) is 57.2 Å². The Hall–Kier alpha value is -3.29. The van der Waals surface area contributed by atoms with E-state index in [9.17, 15) is 19.1 Å². The van der Waals surface area contributed by atoms with Gasteiger partial charge in [0.2, 0.25) is 0 Å². The van der Waals surface area contributed by atoms with E-state index in [4.69, 9.17) is 14.2 Å². The molecular formula is C25H30FNO6. The Morgan fingerprint density at radius 2 is 1.88 bits per heavy atom. The number of carbonyl (C=O) groups excluding carboxylic acids is 1. The number of aliphatic carboxylic acids is 1. The molecule has 0 saturated carbocycles. The molecule has 2 unspecified atom stereocenters. The average molecular weight is 460 g/mol. The molecule has 0 aromatic heterocycles. The Balaban J connectivity index is 1.89.